The molecule has 0 aliphatic heterocycles. The van der Waals surface area contributed by atoms with E-state index in [1.807, 2.05) is 48.8 Å². The molecule has 0 saturated carbocycles. The standard InChI is InChI=1S/C16H16N/c1-3-17(4-2,15-11-7-5-8-12-15)16-13-9-6-10-14-16/h3-14H,1-2H2/q+1. The van der Waals surface area contributed by atoms with E-state index in [4.69, 9.17) is 0 Å². The molecule has 0 unspecified atom stereocenters. The molecular weight excluding hydrogens is 206 g/mol. The number of hydrogen-bond acceptors (Lipinski definition) is 0. The first-order valence-electron chi connectivity index (χ1n) is 5.60. The van der Waals surface area contributed by atoms with Crippen LogP contribution in [-0.2, 0) is 0 Å². The predicted molar refractivity (Wildman–Crippen MR) is 74.7 cm³/mol. The topological polar surface area (TPSA) is 0 Å². The molecule has 1 heteroatoms. The Labute approximate surface area is 103 Å². The Morgan fingerprint density at radius 1 is 0.647 bits per heavy atom. The van der Waals surface area contributed by atoms with Crippen LogP contribution < -0.4 is 4.48 Å². The van der Waals surface area contributed by atoms with Crippen LogP contribution in [0, 0.1) is 0 Å². The quantitative estimate of drug-likeness (QED) is 0.662. The van der Waals surface area contributed by atoms with E-state index in [9.17, 15) is 0 Å². The highest BCUT2D eigenvalue weighted by Crippen LogP contribution is 2.35. The van der Waals surface area contributed by atoms with E-state index in [1.54, 1.807) is 0 Å². The number of quaternary nitrogens is 1. The fourth-order valence-electron chi connectivity index (χ4n) is 1.99. The average molecular weight is 222 g/mol. The van der Waals surface area contributed by atoms with Crippen molar-refractivity contribution < 1.29 is 0 Å². The molecule has 0 aliphatic carbocycles. The molecule has 2 rings (SSSR count). The summed E-state index contributed by atoms with van der Waals surface area (Å²) in [5, 5.41) is 0. The molecule has 84 valence electrons. The van der Waals surface area contributed by atoms with Gasteiger partial charge < -0.3 is 0 Å². The molecule has 0 saturated heterocycles. The van der Waals surface area contributed by atoms with Crippen molar-refractivity contribution in [1.29, 1.82) is 0 Å². The molecule has 2 aromatic carbocycles. The zero-order valence-corrected chi connectivity index (χ0v) is 9.79. The molecule has 1 nitrogen and oxygen atoms in total. The first-order valence-corrected chi connectivity index (χ1v) is 5.60. The lowest BCUT2D eigenvalue weighted by Crippen LogP contribution is -2.30. The van der Waals surface area contributed by atoms with E-state index in [0.717, 1.165) is 11.4 Å². The maximum atomic E-state index is 3.96. The number of hydrogen-bond donors (Lipinski definition) is 0. The molecule has 0 amide bonds. The van der Waals surface area contributed by atoms with Gasteiger partial charge in [-0.05, 0) is 13.2 Å². The lowest BCUT2D eigenvalue weighted by atomic mass is 10.2. The van der Waals surface area contributed by atoms with Gasteiger partial charge in [0.05, 0.1) is 0 Å². The Bertz CT molecular complexity index is 450. The first-order chi connectivity index (χ1) is 8.33. The van der Waals surface area contributed by atoms with Crippen molar-refractivity contribution in [2.45, 2.75) is 0 Å². The van der Waals surface area contributed by atoms with Gasteiger partial charge in [0.25, 0.3) is 0 Å². The highest BCUT2D eigenvalue weighted by Gasteiger charge is 2.26. The summed E-state index contributed by atoms with van der Waals surface area (Å²) in [6, 6.07) is 20.4. The second kappa shape index (κ2) is 4.81. The molecule has 0 spiro atoms. The van der Waals surface area contributed by atoms with Crippen LogP contribution in [0.4, 0.5) is 11.4 Å². The summed E-state index contributed by atoms with van der Waals surface area (Å²) in [6.45, 7) is 7.92. The SMILES string of the molecule is C=C[N+](C=C)(c1ccccc1)c1ccccc1. The third-order valence-corrected chi connectivity index (χ3v) is 2.94. The van der Waals surface area contributed by atoms with Crippen molar-refractivity contribution in [3.05, 3.63) is 86.2 Å². The number of nitrogens with zero attached hydrogens (tertiary/aromatic N) is 1. The van der Waals surface area contributed by atoms with Gasteiger partial charge in [0.15, 0.2) is 0 Å². The minimum Gasteiger partial charge on any atom is -0.208 e. The van der Waals surface area contributed by atoms with E-state index in [0.29, 0.717) is 4.48 Å². The Balaban J connectivity index is 2.62. The van der Waals surface area contributed by atoms with Gasteiger partial charge in [-0.3, -0.25) is 0 Å². The summed E-state index contributed by atoms with van der Waals surface area (Å²) >= 11 is 0. The number of benzene rings is 2. The highest BCUT2D eigenvalue weighted by molar-refractivity contribution is 5.62. The van der Waals surface area contributed by atoms with Crippen LogP contribution in [0.5, 0.6) is 0 Å². The van der Waals surface area contributed by atoms with E-state index in [-0.39, 0.29) is 0 Å². The second-order valence-corrected chi connectivity index (χ2v) is 3.81. The summed E-state index contributed by atoms with van der Waals surface area (Å²) in [4.78, 5) is 0. The van der Waals surface area contributed by atoms with Gasteiger partial charge in [0.1, 0.15) is 23.8 Å². The molecule has 0 bridgehead atoms. The molecule has 0 N–H and O–H groups in total. The van der Waals surface area contributed by atoms with Gasteiger partial charge in [-0.1, -0.05) is 36.4 Å². The van der Waals surface area contributed by atoms with Crippen molar-refractivity contribution >= 4 is 11.4 Å². The molecule has 0 atom stereocenters. The zero-order chi connectivity index (χ0) is 12.1. The molecule has 0 aromatic heterocycles. The molecule has 0 radical (unpaired) electrons. The van der Waals surface area contributed by atoms with Crippen molar-refractivity contribution in [3.63, 3.8) is 0 Å². The Morgan fingerprint density at radius 2 is 1.00 bits per heavy atom. The van der Waals surface area contributed by atoms with Crippen LogP contribution in [0.15, 0.2) is 86.2 Å². The van der Waals surface area contributed by atoms with Crippen LogP contribution in [0.25, 0.3) is 0 Å². The van der Waals surface area contributed by atoms with Crippen molar-refractivity contribution in [2.75, 3.05) is 0 Å². The van der Waals surface area contributed by atoms with E-state index >= 15 is 0 Å². The molecule has 0 fully saturated rings. The third-order valence-electron chi connectivity index (χ3n) is 2.94. The Morgan fingerprint density at radius 3 is 1.29 bits per heavy atom. The fraction of sp³-hybridized carbons (Fsp3) is 0. The minimum absolute atomic E-state index is 0.446. The summed E-state index contributed by atoms with van der Waals surface area (Å²) in [5.74, 6) is 0. The van der Waals surface area contributed by atoms with Gasteiger partial charge >= 0.3 is 0 Å². The maximum Gasteiger partial charge on any atom is 0.147 e. The lowest BCUT2D eigenvalue weighted by Gasteiger charge is -2.29. The van der Waals surface area contributed by atoms with Crippen molar-refractivity contribution in [2.24, 2.45) is 0 Å². The molecular formula is C16H16N+. The Hall–Kier alpha value is -2.12. The van der Waals surface area contributed by atoms with Crippen LogP contribution in [-0.4, -0.2) is 0 Å². The maximum absolute atomic E-state index is 3.96. The summed E-state index contributed by atoms with van der Waals surface area (Å²) < 4.78 is 0.446. The highest BCUT2D eigenvalue weighted by atomic mass is 15.3. The van der Waals surface area contributed by atoms with Gasteiger partial charge in [-0.25, -0.2) is 4.48 Å². The van der Waals surface area contributed by atoms with E-state index in [1.165, 1.54) is 0 Å². The average Bonchev–Trinajstić information content (AvgIpc) is 2.43. The molecule has 0 heterocycles. The number of rotatable bonds is 4. The molecule has 0 aliphatic rings. The molecule has 2 aromatic rings. The molecule has 17 heavy (non-hydrogen) atoms. The van der Waals surface area contributed by atoms with Crippen LogP contribution in [0.2, 0.25) is 0 Å². The van der Waals surface area contributed by atoms with Crippen molar-refractivity contribution in [3.8, 4) is 0 Å². The second-order valence-electron chi connectivity index (χ2n) is 3.81. The summed E-state index contributed by atoms with van der Waals surface area (Å²) in [6.07, 6.45) is 3.77. The van der Waals surface area contributed by atoms with Crippen LogP contribution in [0.1, 0.15) is 0 Å². The fourth-order valence-corrected chi connectivity index (χ4v) is 1.99. The van der Waals surface area contributed by atoms with E-state index in [2.05, 4.69) is 37.4 Å². The third kappa shape index (κ3) is 1.93. The van der Waals surface area contributed by atoms with E-state index < -0.39 is 0 Å². The minimum atomic E-state index is 0.446. The smallest absolute Gasteiger partial charge is 0.147 e. The van der Waals surface area contributed by atoms with Gasteiger partial charge in [0.2, 0.25) is 0 Å². The van der Waals surface area contributed by atoms with Crippen LogP contribution in [0.3, 0.4) is 0 Å². The summed E-state index contributed by atoms with van der Waals surface area (Å²) in [7, 11) is 0. The van der Waals surface area contributed by atoms with Crippen molar-refractivity contribution in [1.82, 2.24) is 4.48 Å². The lowest BCUT2D eigenvalue weighted by molar-refractivity contribution is 0.677. The summed E-state index contributed by atoms with van der Waals surface area (Å²) in [5.41, 5.74) is 2.26. The van der Waals surface area contributed by atoms with Gasteiger partial charge in [-0.2, -0.15) is 0 Å². The normalized spacial score (nSPS) is 10.8. The first kappa shape index (κ1) is 11.4. The number of para-hydroxylation sites is 2. The van der Waals surface area contributed by atoms with Gasteiger partial charge in [0, 0.05) is 24.3 Å². The Kier molecular flexibility index (Phi) is 3.22. The zero-order valence-electron chi connectivity index (χ0n) is 9.79. The predicted octanol–water partition coefficient (Wildman–Crippen LogP) is 4.61. The monoisotopic (exact) mass is 222 g/mol. The van der Waals surface area contributed by atoms with Gasteiger partial charge in [-0.15, -0.1) is 0 Å². The largest absolute Gasteiger partial charge is 0.208 e. The van der Waals surface area contributed by atoms with Crippen LogP contribution >= 0.6 is 0 Å².